The monoisotopic (exact) mass is 160 g/mol. The first kappa shape index (κ1) is 10.2. The van der Waals surface area contributed by atoms with E-state index in [4.69, 9.17) is 5.73 Å². The molecule has 66 valence electrons. The van der Waals surface area contributed by atoms with Crippen molar-refractivity contribution in [3.05, 3.63) is 0 Å². The molecular formula is C7H16N2O2. The number of methoxy groups -OCH3 is 1. The molecule has 0 heterocycles. The first-order valence-corrected chi connectivity index (χ1v) is 3.64. The van der Waals surface area contributed by atoms with E-state index in [0.717, 1.165) is 6.42 Å². The molecule has 0 rings (SSSR count). The van der Waals surface area contributed by atoms with Crippen LogP contribution in [0.25, 0.3) is 0 Å². The lowest BCUT2D eigenvalue weighted by molar-refractivity contribution is 0.157. The van der Waals surface area contributed by atoms with Gasteiger partial charge in [0, 0.05) is 6.54 Å². The maximum Gasteiger partial charge on any atom is 0.407 e. The fraction of sp³-hybridized carbons (Fsp3) is 0.857. The summed E-state index contributed by atoms with van der Waals surface area (Å²) in [5, 5.41) is 2.66. The van der Waals surface area contributed by atoms with Gasteiger partial charge in [0.15, 0.2) is 0 Å². The molecule has 0 aliphatic heterocycles. The van der Waals surface area contributed by atoms with E-state index in [9.17, 15) is 4.79 Å². The van der Waals surface area contributed by atoms with E-state index in [-0.39, 0.29) is 5.54 Å². The lowest BCUT2D eigenvalue weighted by atomic mass is 10.00. The number of carbonyl (C=O) groups excluding carboxylic acids is 1. The number of carbonyl (C=O) groups is 1. The van der Waals surface area contributed by atoms with Crippen LogP contribution in [0, 0.1) is 0 Å². The van der Waals surface area contributed by atoms with Gasteiger partial charge in [-0.2, -0.15) is 0 Å². The Morgan fingerprint density at radius 1 is 1.73 bits per heavy atom. The Labute approximate surface area is 67.1 Å². The van der Waals surface area contributed by atoms with Crippen molar-refractivity contribution in [1.82, 2.24) is 5.32 Å². The van der Waals surface area contributed by atoms with Crippen LogP contribution in [0.4, 0.5) is 4.79 Å². The van der Waals surface area contributed by atoms with Gasteiger partial charge in [-0.1, -0.05) is 6.92 Å². The lowest BCUT2D eigenvalue weighted by Crippen LogP contribution is -2.50. The summed E-state index contributed by atoms with van der Waals surface area (Å²) < 4.78 is 4.44. The minimum absolute atomic E-state index is 0.340. The molecule has 4 heteroatoms. The summed E-state index contributed by atoms with van der Waals surface area (Å²) in [7, 11) is 1.34. The molecule has 0 aliphatic rings. The molecule has 0 saturated heterocycles. The van der Waals surface area contributed by atoms with Crippen molar-refractivity contribution >= 4 is 6.09 Å². The average Bonchev–Trinajstić information content (AvgIpc) is 2.04. The lowest BCUT2D eigenvalue weighted by Gasteiger charge is -2.26. The Bertz CT molecular complexity index is 132. The zero-order valence-corrected chi connectivity index (χ0v) is 7.31. The van der Waals surface area contributed by atoms with Gasteiger partial charge in [0.05, 0.1) is 12.6 Å². The van der Waals surface area contributed by atoms with Crippen LogP contribution in [0.1, 0.15) is 20.3 Å². The summed E-state index contributed by atoms with van der Waals surface area (Å²) in [6.45, 7) is 4.26. The second-order valence-corrected chi connectivity index (χ2v) is 2.73. The van der Waals surface area contributed by atoms with Crippen LogP contribution in [0.5, 0.6) is 0 Å². The topological polar surface area (TPSA) is 64.3 Å². The fourth-order valence-corrected chi connectivity index (χ4v) is 0.581. The van der Waals surface area contributed by atoms with E-state index in [2.05, 4.69) is 10.1 Å². The van der Waals surface area contributed by atoms with Crippen molar-refractivity contribution in [1.29, 1.82) is 0 Å². The number of ether oxygens (including phenoxy) is 1. The second kappa shape index (κ2) is 4.18. The third-order valence-corrected chi connectivity index (χ3v) is 1.82. The van der Waals surface area contributed by atoms with Gasteiger partial charge in [0.25, 0.3) is 0 Å². The number of amides is 1. The summed E-state index contributed by atoms with van der Waals surface area (Å²) in [6, 6.07) is 0. The Morgan fingerprint density at radius 2 is 2.27 bits per heavy atom. The van der Waals surface area contributed by atoms with Crippen molar-refractivity contribution in [2.24, 2.45) is 5.73 Å². The van der Waals surface area contributed by atoms with Crippen molar-refractivity contribution < 1.29 is 9.53 Å². The van der Waals surface area contributed by atoms with E-state index in [1.165, 1.54) is 7.11 Å². The molecule has 0 spiro atoms. The minimum atomic E-state index is -0.431. The van der Waals surface area contributed by atoms with Crippen LogP contribution in [0.3, 0.4) is 0 Å². The van der Waals surface area contributed by atoms with Gasteiger partial charge in [-0.3, -0.25) is 0 Å². The summed E-state index contributed by atoms with van der Waals surface area (Å²) in [6.07, 6.45) is 0.360. The molecule has 1 atom stereocenters. The van der Waals surface area contributed by atoms with Gasteiger partial charge in [-0.15, -0.1) is 0 Å². The number of nitrogens with two attached hydrogens (primary N) is 1. The predicted molar refractivity (Wildman–Crippen MR) is 43.3 cm³/mol. The van der Waals surface area contributed by atoms with Gasteiger partial charge in [0.2, 0.25) is 0 Å². The van der Waals surface area contributed by atoms with Gasteiger partial charge in [0.1, 0.15) is 0 Å². The molecule has 0 aromatic rings. The molecule has 0 aromatic heterocycles. The zero-order valence-electron chi connectivity index (χ0n) is 7.31. The fourth-order valence-electron chi connectivity index (χ4n) is 0.581. The summed E-state index contributed by atoms with van der Waals surface area (Å²) in [5.74, 6) is 0. The number of rotatable bonds is 3. The number of hydrogen-bond donors (Lipinski definition) is 2. The summed E-state index contributed by atoms with van der Waals surface area (Å²) in [5.41, 5.74) is 5.11. The van der Waals surface area contributed by atoms with Crippen LogP contribution in [-0.2, 0) is 4.74 Å². The molecule has 0 aliphatic carbocycles. The first-order chi connectivity index (χ1) is 5.08. The van der Waals surface area contributed by atoms with Crippen LogP contribution < -0.4 is 11.1 Å². The molecule has 0 saturated carbocycles. The van der Waals surface area contributed by atoms with Crippen LogP contribution in [0.15, 0.2) is 0 Å². The maximum atomic E-state index is 10.8. The standard InChI is InChI=1S/C7H16N2O2/c1-4-7(2,5-8)9-6(10)11-3/h4-5,8H2,1-3H3,(H,9,10). The molecule has 11 heavy (non-hydrogen) atoms. The van der Waals surface area contributed by atoms with Gasteiger partial charge >= 0.3 is 6.09 Å². The predicted octanol–water partition coefficient (Wildman–Crippen LogP) is 0.470. The number of nitrogens with one attached hydrogen (secondary N) is 1. The average molecular weight is 160 g/mol. The van der Waals surface area contributed by atoms with Crippen LogP contribution in [-0.4, -0.2) is 25.3 Å². The van der Waals surface area contributed by atoms with Crippen molar-refractivity contribution in [2.75, 3.05) is 13.7 Å². The molecule has 0 bridgehead atoms. The van der Waals surface area contributed by atoms with Gasteiger partial charge in [-0.25, -0.2) is 4.79 Å². The van der Waals surface area contributed by atoms with Crippen molar-refractivity contribution in [2.45, 2.75) is 25.8 Å². The van der Waals surface area contributed by atoms with E-state index >= 15 is 0 Å². The highest BCUT2D eigenvalue weighted by molar-refractivity contribution is 5.68. The van der Waals surface area contributed by atoms with Crippen molar-refractivity contribution in [3.63, 3.8) is 0 Å². The SMILES string of the molecule is CCC(C)(CN)NC(=O)OC. The third kappa shape index (κ3) is 3.23. The Hall–Kier alpha value is -0.770. The molecular weight excluding hydrogens is 144 g/mol. The quantitative estimate of drug-likeness (QED) is 0.630. The molecule has 0 aromatic carbocycles. The van der Waals surface area contributed by atoms with E-state index in [0.29, 0.717) is 6.54 Å². The van der Waals surface area contributed by atoms with Crippen LogP contribution in [0.2, 0.25) is 0 Å². The minimum Gasteiger partial charge on any atom is -0.453 e. The largest absolute Gasteiger partial charge is 0.453 e. The molecule has 0 radical (unpaired) electrons. The van der Waals surface area contributed by atoms with Gasteiger partial charge < -0.3 is 15.8 Å². The zero-order chi connectivity index (χ0) is 8.91. The Kier molecular flexibility index (Phi) is 3.89. The number of hydrogen-bond acceptors (Lipinski definition) is 3. The highest BCUT2D eigenvalue weighted by Crippen LogP contribution is 2.05. The van der Waals surface area contributed by atoms with Crippen LogP contribution >= 0.6 is 0 Å². The van der Waals surface area contributed by atoms with Gasteiger partial charge in [-0.05, 0) is 13.3 Å². The maximum absolute atomic E-state index is 10.8. The highest BCUT2D eigenvalue weighted by Gasteiger charge is 2.22. The molecule has 4 nitrogen and oxygen atoms in total. The normalized spacial score (nSPS) is 15.3. The smallest absolute Gasteiger partial charge is 0.407 e. The molecule has 0 fully saturated rings. The molecule has 1 unspecified atom stereocenters. The molecule has 1 amide bonds. The third-order valence-electron chi connectivity index (χ3n) is 1.82. The Morgan fingerprint density at radius 3 is 2.55 bits per heavy atom. The summed E-state index contributed by atoms with van der Waals surface area (Å²) >= 11 is 0. The van der Waals surface area contributed by atoms with E-state index in [1.54, 1.807) is 0 Å². The Balaban J connectivity index is 3.96. The van der Waals surface area contributed by atoms with Crippen molar-refractivity contribution in [3.8, 4) is 0 Å². The second-order valence-electron chi connectivity index (χ2n) is 2.73. The first-order valence-electron chi connectivity index (χ1n) is 3.64. The van der Waals surface area contributed by atoms with E-state index in [1.807, 2.05) is 13.8 Å². The number of alkyl carbamates (subject to hydrolysis) is 1. The van der Waals surface area contributed by atoms with E-state index < -0.39 is 6.09 Å². The summed E-state index contributed by atoms with van der Waals surface area (Å²) in [4.78, 5) is 10.8. The molecule has 3 N–H and O–H groups in total. The highest BCUT2D eigenvalue weighted by atomic mass is 16.5.